The third-order valence-corrected chi connectivity index (χ3v) is 5.73. The van der Waals surface area contributed by atoms with Gasteiger partial charge >= 0.3 is 12.1 Å². The Labute approximate surface area is 197 Å². The van der Waals surface area contributed by atoms with Gasteiger partial charge in [0.1, 0.15) is 0 Å². The molecule has 0 saturated carbocycles. The van der Waals surface area contributed by atoms with E-state index >= 15 is 0 Å². The number of benzene rings is 3. The van der Waals surface area contributed by atoms with Crippen LogP contribution in [0.3, 0.4) is 0 Å². The summed E-state index contributed by atoms with van der Waals surface area (Å²) in [7, 11) is 0. The third kappa shape index (κ3) is 6.38. The van der Waals surface area contributed by atoms with E-state index < -0.39 is 34.8 Å². The number of carbonyl (C=O) groups excluding carboxylic acids is 2. The molecule has 34 heavy (non-hydrogen) atoms. The van der Waals surface area contributed by atoms with Crippen molar-refractivity contribution in [3.8, 4) is 0 Å². The fourth-order valence-corrected chi connectivity index (χ4v) is 3.91. The second-order valence-electron chi connectivity index (χ2n) is 7.16. The molecule has 6 nitrogen and oxygen atoms in total. The summed E-state index contributed by atoms with van der Waals surface area (Å²) < 4.78 is 38.6. The lowest BCUT2D eigenvalue weighted by molar-refractivity contribution is -0.137. The summed E-state index contributed by atoms with van der Waals surface area (Å²) in [4.78, 5) is 37.0. The molecule has 3 rings (SSSR count). The molecular formula is C24H19F3N2O4S. The Kier molecular flexibility index (Phi) is 7.62. The topological polar surface area (TPSA) is 95.5 Å². The lowest BCUT2D eigenvalue weighted by Gasteiger charge is -2.14. The predicted molar refractivity (Wildman–Crippen MR) is 123 cm³/mol. The average Bonchev–Trinajstić information content (AvgIpc) is 2.78. The molecule has 3 N–H and O–H groups in total. The Morgan fingerprint density at radius 2 is 1.47 bits per heavy atom. The van der Waals surface area contributed by atoms with Crippen LogP contribution in [0.5, 0.6) is 0 Å². The summed E-state index contributed by atoms with van der Waals surface area (Å²) in [5, 5.41) is 13.7. The van der Waals surface area contributed by atoms with E-state index in [4.69, 9.17) is 0 Å². The first-order chi connectivity index (χ1) is 16.0. The highest BCUT2D eigenvalue weighted by Crippen LogP contribution is 2.31. The normalized spacial score (nSPS) is 12.0. The standard InChI is InChI=1S/C24H19F3N2O4S/c1-14(21(30)28-16-7-4-6-15(12-16)24(25,26)27)34-18-9-5-8-17(13-18)29-22(31)19-10-2-3-11-20(19)23(32)33/h2-14H,1H3,(H,28,30)(H,29,31)(H,32,33). The van der Waals surface area contributed by atoms with E-state index in [0.717, 1.165) is 23.9 Å². The van der Waals surface area contributed by atoms with E-state index in [9.17, 15) is 32.7 Å². The van der Waals surface area contributed by atoms with Crippen LogP contribution in [0.15, 0.2) is 77.7 Å². The Hall–Kier alpha value is -3.79. The molecule has 0 aliphatic rings. The number of hydrogen-bond acceptors (Lipinski definition) is 4. The molecule has 3 aromatic rings. The van der Waals surface area contributed by atoms with Crippen LogP contribution in [0.25, 0.3) is 0 Å². The number of amides is 2. The average molecular weight is 488 g/mol. The van der Waals surface area contributed by atoms with Crippen LogP contribution < -0.4 is 10.6 Å². The Balaban J connectivity index is 1.66. The van der Waals surface area contributed by atoms with Crippen LogP contribution in [-0.2, 0) is 11.0 Å². The van der Waals surface area contributed by atoms with E-state index in [0.29, 0.717) is 10.6 Å². The molecule has 1 atom stereocenters. The van der Waals surface area contributed by atoms with Gasteiger partial charge in [0.2, 0.25) is 5.91 Å². The van der Waals surface area contributed by atoms with Gasteiger partial charge in [0, 0.05) is 16.3 Å². The number of halogens is 3. The van der Waals surface area contributed by atoms with Crippen LogP contribution in [0.2, 0.25) is 0 Å². The maximum Gasteiger partial charge on any atom is 0.416 e. The molecule has 0 aromatic heterocycles. The van der Waals surface area contributed by atoms with Crippen LogP contribution >= 0.6 is 11.8 Å². The minimum Gasteiger partial charge on any atom is -0.478 e. The van der Waals surface area contributed by atoms with Crippen molar-refractivity contribution in [2.45, 2.75) is 23.2 Å². The number of anilines is 2. The first-order valence-corrected chi connectivity index (χ1v) is 10.8. The zero-order valence-electron chi connectivity index (χ0n) is 17.7. The van der Waals surface area contributed by atoms with Crippen LogP contribution in [0, 0.1) is 0 Å². The van der Waals surface area contributed by atoms with Gasteiger partial charge in [-0.1, -0.05) is 24.3 Å². The molecule has 0 heterocycles. The Morgan fingerprint density at radius 3 is 2.12 bits per heavy atom. The van der Waals surface area contributed by atoms with Crippen molar-refractivity contribution in [2.24, 2.45) is 0 Å². The van der Waals surface area contributed by atoms with Gasteiger partial charge in [0.05, 0.1) is 21.9 Å². The van der Waals surface area contributed by atoms with Crippen molar-refractivity contribution in [1.29, 1.82) is 0 Å². The van der Waals surface area contributed by atoms with Gasteiger partial charge in [-0.25, -0.2) is 4.79 Å². The molecule has 0 aliphatic heterocycles. The number of carboxylic acid groups (broad SMARTS) is 1. The summed E-state index contributed by atoms with van der Waals surface area (Å²) in [6.07, 6.45) is -4.52. The van der Waals surface area contributed by atoms with E-state index in [1.807, 2.05) is 0 Å². The maximum atomic E-state index is 12.9. The smallest absolute Gasteiger partial charge is 0.416 e. The minimum absolute atomic E-state index is 0.00175. The minimum atomic E-state index is -4.52. The molecule has 0 aliphatic carbocycles. The number of alkyl halides is 3. The Morgan fingerprint density at radius 1 is 0.853 bits per heavy atom. The fraction of sp³-hybridized carbons (Fsp3) is 0.125. The quantitative estimate of drug-likeness (QED) is 0.367. The summed E-state index contributed by atoms with van der Waals surface area (Å²) >= 11 is 1.15. The first kappa shape index (κ1) is 24.8. The van der Waals surface area contributed by atoms with Gasteiger partial charge in [-0.2, -0.15) is 13.2 Å². The van der Waals surface area contributed by atoms with Crippen molar-refractivity contribution >= 4 is 40.9 Å². The van der Waals surface area contributed by atoms with Gasteiger partial charge in [-0.05, 0) is 55.5 Å². The highest BCUT2D eigenvalue weighted by Gasteiger charge is 2.30. The molecule has 1 unspecified atom stereocenters. The van der Waals surface area contributed by atoms with Crippen molar-refractivity contribution in [3.05, 3.63) is 89.5 Å². The fourth-order valence-electron chi connectivity index (χ4n) is 2.99. The lowest BCUT2D eigenvalue weighted by atomic mass is 10.1. The molecule has 0 spiro atoms. The van der Waals surface area contributed by atoms with Crippen LogP contribution in [0.4, 0.5) is 24.5 Å². The zero-order chi connectivity index (χ0) is 24.9. The summed E-state index contributed by atoms with van der Waals surface area (Å²) in [5.41, 5.74) is -0.572. The molecular weight excluding hydrogens is 469 g/mol. The largest absolute Gasteiger partial charge is 0.478 e. The number of rotatable bonds is 7. The third-order valence-electron chi connectivity index (χ3n) is 4.63. The van der Waals surface area contributed by atoms with E-state index in [-0.39, 0.29) is 16.8 Å². The van der Waals surface area contributed by atoms with Crippen molar-refractivity contribution in [3.63, 3.8) is 0 Å². The van der Waals surface area contributed by atoms with Crippen LogP contribution in [-0.4, -0.2) is 28.1 Å². The summed E-state index contributed by atoms with van der Waals surface area (Å²) in [5.74, 6) is -2.32. The Bertz CT molecular complexity index is 1230. The molecule has 0 radical (unpaired) electrons. The van der Waals surface area contributed by atoms with Crippen LogP contribution in [0.1, 0.15) is 33.2 Å². The van der Waals surface area contributed by atoms with Gasteiger partial charge in [-0.15, -0.1) is 11.8 Å². The summed E-state index contributed by atoms with van der Waals surface area (Å²) in [6.45, 7) is 1.60. The number of aromatic carboxylic acids is 1. The number of carboxylic acids is 1. The van der Waals surface area contributed by atoms with E-state index in [1.54, 1.807) is 37.3 Å². The van der Waals surface area contributed by atoms with Crippen molar-refractivity contribution in [1.82, 2.24) is 0 Å². The predicted octanol–water partition coefficient (Wildman–Crippen LogP) is 5.78. The lowest BCUT2D eigenvalue weighted by Crippen LogP contribution is -2.22. The highest BCUT2D eigenvalue weighted by atomic mass is 32.2. The van der Waals surface area contributed by atoms with Gasteiger partial charge < -0.3 is 15.7 Å². The zero-order valence-corrected chi connectivity index (χ0v) is 18.5. The monoisotopic (exact) mass is 488 g/mol. The number of hydrogen-bond donors (Lipinski definition) is 3. The second kappa shape index (κ2) is 10.4. The first-order valence-electron chi connectivity index (χ1n) is 9.93. The van der Waals surface area contributed by atoms with Gasteiger partial charge in [0.25, 0.3) is 5.91 Å². The molecule has 0 saturated heterocycles. The van der Waals surface area contributed by atoms with Gasteiger partial charge in [-0.3, -0.25) is 9.59 Å². The number of carbonyl (C=O) groups is 3. The molecule has 0 bridgehead atoms. The van der Waals surface area contributed by atoms with Crippen molar-refractivity contribution < 1.29 is 32.7 Å². The SMILES string of the molecule is CC(Sc1cccc(NC(=O)c2ccccc2C(=O)O)c1)C(=O)Nc1cccc(C(F)(F)F)c1. The highest BCUT2D eigenvalue weighted by molar-refractivity contribution is 8.00. The molecule has 3 aromatic carbocycles. The van der Waals surface area contributed by atoms with E-state index in [1.165, 1.54) is 30.3 Å². The molecule has 176 valence electrons. The molecule has 10 heteroatoms. The second-order valence-corrected chi connectivity index (χ2v) is 8.57. The number of thioether (sulfide) groups is 1. The van der Waals surface area contributed by atoms with Crippen molar-refractivity contribution in [2.75, 3.05) is 10.6 Å². The van der Waals surface area contributed by atoms with Gasteiger partial charge in [0.15, 0.2) is 0 Å². The van der Waals surface area contributed by atoms with E-state index in [2.05, 4.69) is 10.6 Å². The maximum absolute atomic E-state index is 12.9. The summed E-state index contributed by atoms with van der Waals surface area (Å²) in [6, 6.07) is 16.7. The molecule has 2 amide bonds. The number of nitrogens with one attached hydrogen (secondary N) is 2. The molecule has 0 fully saturated rings.